The lowest BCUT2D eigenvalue weighted by Gasteiger charge is -2.16. The predicted molar refractivity (Wildman–Crippen MR) is 53.8 cm³/mol. The summed E-state index contributed by atoms with van der Waals surface area (Å²) in [5, 5.41) is 3.37. The molecule has 2 nitrogen and oxygen atoms in total. The Morgan fingerprint density at radius 3 is 2.92 bits per heavy atom. The third-order valence-corrected chi connectivity index (χ3v) is 2.94. The van der Waals surface area contributed by atoms with E-state index in [9.17, 15) is 0 Å². The van der Waals surface area contributed by atoms with E-state index in [0.717, 1.165) is 26.1 Å². The lowest BCUT2D eigenvalue weighted by molar-refractivity contribution is 0.113. The van der Waals surface area contributed by atoms with Crippen LogP contribution < -0.4 is 5.32 Å². The van der Waals surface area contributed by atoms with E-state index >= 15 is 0 Å². The summed E-state index contributed by atoms with van der Waals surface area (Å²) in [5.41, 5.74) is 1.63. The van der Waals surface area contributed by atoms with E-state index < -0.39 is 0 Å². The molecule has 0 radical (unpaired) electrons. The van der Waals surface area contributed by atoms with Crippen molar-refractivity contribution in [1.29, 1.82) is 0 Å². The molecule has 2 heterocycles. The van der Waals surface area contributed by atoms with Gasteiger partial charge in [0.2, 0.25) is 0 Å². The molecule has 0 aromatic heterocycles. The molecule has 2 fully saturated rings. The highest BCUT2D eigenvalue weighted by Gasteiger charge is 2.14. The second-order valence-corrected chi connectivity index (χ2v) is 3.98. The normalized spacial score (nSPS) is 29.2. The summed E-state index contributed by atoms with van der Waals surface area (Å²) >= 11 is 0. The largest absolute Gasteiger partial charge is 0.378 e. The summed E-state index contributed by atoms with van der Waals surface area (Å²) in [7, 11) is 0. The first-order valence-electron chi connectivity index (χ1n) is 5.45. The Morgan fingerprint density at radius 1 is 1.38 bits per heavy atom. The van der Waals surface area contributed by atoms with Gasteiger partial charge in [-0.3, -0.25) is 0 Å². The molecular formula is C11H19NO. The number of nitrogens with one attached hydrogen (secondary N) is 1. The molecule has 1 unspecified atom stereocenters. The van der Waals surface area contributed by atoms with Crippen LogP contribution in [-0.4, -0.2) is 25.8 Å². The highest BCUT2D eigenvalue weighted by atomic mass is 16.5. The maximum absolute atomic E-state index is 5.58. The summed E-state index contributed by atoms with van der Waals surface area (Å²) in [5.74, 6) is 0. The molecule has 0 aromatic rings. The molecule has 0 amide bonds. The summed E-state index contributed by atoms with van der Waals surface area (Å²) in [6.45, 7) is 3.31. The fourth-order valence-electron chi connectivity index (χ4n) is 2.08. The van der Waals surface area contributed by atoms with E-state index in [0.29, 0.717) is 6.10 Å². The standard InChI is InChI=1S/C11H19NO/c1-2-11(13-9-1)4-3-10-5-7-12-8-6-10/h3,11-12H,1-2,4-9H2. The molecular weight excluding hydrogens is 162 g/mol. The molecule has 2 aliphatic rings. The smallest absolute Gasteiger partial charge is 0.0610 e. The zero-order chi connectivity index (χ0) is 8.93. The van der Waals surface area contributed by atoms with Gasteiger partial charge in [-0.1, -0.05) is 11.6 Å². The van der Waals surface area contributed by atoms with E-state index in [2.05, 4.69) is 11.4 Å². The van der Waals surface area contributed by atoms with Crippen LogP contribution in [0.15, 0.2) is 11.6 Å². The minimum Gasteiger partial charge on any atom is -0.378 e. The van der Waals surface area contributed by atoms with Crippen molar-refractivity contribution < 1.29 is 4.74 Å². The van der Waals surface area contributed by atoms with Gasteiger partial charge in [0.1, 0.15) is 0 Å². The highest BCUT2D eigenvalue weighted by molar-refractivity contribution is 5.06. The van der Waals surface area contributed by atoms with Gasteiger partial charge in [-0.05, 0) is 45.2 Å². The van der Waals surface area contributed by atoms with Crippen LogP contribution in [0.5, 0.6) is 0 Å². The van der Waals surface area contributed by atoms with Gasteiger partial charge in [0.05, 0.1) is 6.10 Å². The van der Waals surface area contributed by atoms with E-state index in [1.807, 2.05) is 0 Å². The summed E-state index contributed by atoms with van der Waals surface area (Å²) in [6, 6.07) is 0. The second-order valence-electron chi connectivity index (χ2n) is 3.98. The van der Waals surface area contributed by atoms with Gasteiger partial charge in [-0.25, -0.2) is 0 Å². The molecule has 0 saturated carbocycles. The number of piperidine rings is 1. The second kappa shape index (κ2) is 4.77. The van der Waals surface area contributed by atoms with E-state index in [-0.39, 0.29) is 0 Å². The Hall–Kier alpha value is -0.340. The fraction of sp³-hybridized carbons (Fsp3) is 0.818. The maximum atomic E-state index is 5.58. The first-order valence-corrected chi connectivity index (χ1v) is 5.45. The maximum Gasteiger partial charge on any atom is 0.0610 e. The summed E-state index contributed by atoms with van der Waals surface area (Å²) in [4.78, 5) is 0. The van der Waals surface area contributed by atoms with E-state index in [1.165, 1.54) is 25.7 Å². The van der Waals surface area contributed by atoms with Gasteiger partial charge in [-0.2, -0.15) is 0 Å². The van der Waals surface area contributed by atoms with Crippen molar-refractivity contribution in [1.82, 2.24) is 5.32 Å². The fourth-order valence-corrected chi connectivity index (χ4v) is 2.08. The molecule has 74 valence electrons. The quantitative estimate of drug-likeness (QED) is 0.657. The predicted octanol–water partition coefficient (Wildman–Crippen LogP) is 1.87. The molecule has 0 spiro atoms. The molecule has 0 aliphatic carbocycles. The van der Waals surface area contributed by atoms with Crippen molar-refractivity contribution >= 4 is 0 Å². The third-order valence-electron chi connectivity index (χ3n) is 2.94. The van der Waals surface area contributed by atoms with Crippen LogP contribution in [0.2, 0.25) is 0 Å². The van der Waals surface area contributed by atoms with Crippen LogP contribution >= 0.6 is 0 Å². The SMILES string of the molecule is C(CC1CCCO1)=C1CCNCC1. The summed E-state index contributed by atoms with van der Waals surface area (Å²) < 4.78 is 5.58. The van der Waals surface area contributed by atoms with Crippen LogP contribution in [0, 0.1) is 0 Å². The van der Waals surface area contributed by atoms with Crippen LogP contribution in [0.25, 0.3) is 0 Å². The van der Waals surface area contributed by atoms with Crippen molar-refractivity contribution in [2.24, 2.45) is 0 Å². The average molecular weight is 181 g/mol. The number of hydrogen-bond donors (Lipinski definition) is 1. The topological polar surface area (TPSA) is 21.3 Å². The average Bonchev–Trinajstić information content (AvgIpc) is 2.69. The Balaban J connectivity index is 1.74. The van der Waals surface area contributed by atoms with Crippen LogP contribution in [0.3, 0.4) is 0 Å². The first kappa shape index (κ1) is 9.22. The zero-order valence-corrected chi connectivity index (χ0v) is 8.22. The zero-order valence-electron chi connectivity index (χ0n) is 8.22. The van der Waals surface area contributed by atoms with Gasteiger partial charge in [0.15, 0.2) is 0 Å². The lowest BCUT2D eigenvalue weighted by Crippen LogP contribution is -2.23. The van der Waals surface area contributed by atoms with Crippen molar-refractivity contribution in [3.05, 3.63) is 11.6 Å². The van der Waals surface area contributed by atoms with Gasteiger partial charge in [0.25, 0.3) is 0 Å². The molecule has 2 heteroatoms. The van der Waals surface area contributed by atoms with Crippen LogP contribution in [0.4, 0.5) is 0 Å². The Bertz CT molecular complexity index is 175. The molecule has 13 heavy (non-hydrogen) atoms. The minimum atomic E-state index is 0.530. The van der Waals surface area contributed by atoms with Gasteiger partial charge < -0.3 is 10.1 Å². The van der Waals surface area contributed by atoms with Crippen molar-refractivity contribution in [2.45, 2.75) is 38.2 Å². The van der Waals surface area contributed by atoms with Gasteiger partial charge in [-0.15, -0.1) is 0 Å². The van der Waals surface area contributed by atoms with Gasteiger partial charge >= 0.3 is 0 Å². The molecule has 1 N–H and O–H groups in total. The number of ether oxygens (including phenoxy) is 1. The van der Waals surface area contributed by atoms with Crippen LogP contribution in [-0.2, 0) is 4.74 Å². The first-order chi connectivity index (χ1) is 6.45. The molecule has 2 saturated heterocycles. The van der Waals surface area contributed by atoms with Crippen molar-refractivity contribution in [3.8, 4) is 0 Å². The lowest BCUT2D eigenvalue weighted by atomic mass is 10.0. The Labute approximate surface area is 80.4 Å². The molecule has 0 aromatic carbocycles. The van der Waals surface area contributed by atoms with Gasteiger partial charge in [0, 0.05) is 6.61 Å². The number of hydrogen-bond acceptors (Lipinski definition) is 2. The highest BCUT2D eigenvalue weighted by Crippen LogP contribution is 2.18. The number of rotatable bonds is 2. The minimum absolute atomic E-state index is 0.530. The van der Waals surface area contributed by atoms with E-state index in [4.69, 9.17) is 4.74 Å². The van der Waals surface area contributed by atoms with Crippen molar-refractivity contribution in [3.63, 3.8) is 0 Å². The van der Waals surface area contributed by atoms with Crippen molar-refractivity contribution in [2.75, 3.05) is 19.7 Å². The molecule has 1 atom stereocenters. The Morgan fingerprint density at radius 2 is 2.23 bits per heavy atom. The monoisotopic (exact) mass is 181 g/mol. The van der Waals surface area contributed by atoms with E-state index in [1.54, 1.807) is 5.57 Å². The molecule has 2 aliphatic heterocycles. The molecule has 0 bridgehead atoms. The molecule has 2 rings (SSSR count). The van der Waals surface area contributed by atoms with Crippen LogP contribution in [0.1, 0.15) is 32.1 Å². The summed E-state index contributed by atoms with van der Waals surface area (Å²) in [6.07, 6.45) is 9.10. The third kappa shape index (κ3) is 2.82. The Kier molecular flexibility index (Phi) is 3.39.